The summed E-state index contributed by atoms with van der Waals surface area (Å²) >= 11 is 5.93. The molecule has 0 fully saturated rings. The van der Waals surface area contributed by atoms with Crippen LogP contribution in [0.2, 0.25) is 5.02 Å². The molecule has 0 aliphatic rings. The van der Waals surface area contributed by atoms with E-state index in [1.807, 2.05) is 0 Å². The van der Waals surface area contributed by atoms with E-state index in [-0.39, 0.29) is 4.90 Å². The minimum Gasteiger partial charge on any atom is -0.272 e. The summed E-state index contributed by atoms with van der Waals surface area (Å²) in [6.45, 7) is -0.420. The van der Waals surface area contributed by atoms with Crippen LogP contribution in [0.5, 0.6) is 0 Å². The molecule has 1 amide bonds. The van der Waals surface area contributed by atoms with Crippen molar-refractivity contribution in [1.82, 2.24) is 10.1 Å². The number of benzene rings is 2. The zero-order valence-corrected chi connectivity index (χ0v) is 13.5. The first kappa shape index (κ1) is 17.1. The number of sulfonamides is 1. The highest BCUT2D eigenvalue weighted by Crippen LogP contribution is 2.12. The Morgan fingerprint density at radius 2 is 1.74 bits per heavy atom. The van der Waals surface area contributed by atoms with E-state index in [0.29, 0.717) is 10.6 Å². The van der Waals surface area contributed by atoms with Gasteiger partial charge in [-0.3, -0.25) is 4.79 Å². The van der Waals surface area contributed by atoms with Crippen molar-refractivity contribution in [3.63, 3.8) is 0 Å². The number of nitrogens with one attached hydrogen (secondary N) is 2. The van der Waals surface area contributed by atoms with Gasteiger partial charge in [-0.15, -0.1) is 0 Å². The number of hydrazone groups is 1. The first-order valence-corrected chi connectivity index (χ1v) is 8.46. The first-order chi connectivity index (χ1) is 11.0. The summed E-state index contributed by atoms with van der Waals surface area (Å²) in [5, 5.41) is 4.23. The summed E-state index contributed by atoms with van der Waals surface area (Å²) in [6, 6.07) is 14.8. The van der Waals surface area contributed by atoms with Gasteiger partial charge in [0.2, 0.25) is 10.0 Å². The molecule has 0 atom stereocenters. The van der Waals surface area contributed by atoms with Crippen LogP contribution in [0.25, 0.3) is 0 Å². The van der Waals surface area contributed by atoms with E-state index >= 15 is 0 Å². The zero-order valence-electron chi connectivity index (χ0n) is 11.9. The number of hydrogen-bond donors (Lipinski definition) is 2. The first-order valence-electron chi connectivity index (χ1n) is 6.60. The smallest absolute Gasteiger partial charge is 0.255 e. The molecule has 0 aliphatic carbocycles. The van der Waals surface area contributed by atoms with Crippen molar-refractivity contribution >= 4 is 33.7 Å². The fraction of sp³-hybridized carbons (Fsp3) is 0.0667. The molecule has 2 N–H and O–H groups in total. The second-order valence-corrected chi connectivity index (χ2v) is 6.63. The Kier molecular flexibility index (Phi) is 5.86. The number of halogens is 1. The summed E-state index contributed by atoms with van der Waals surface area (Å²) < 4.78 is 26.1. The summed E-state index contributed by atoms with van der Waals surface area (Å²) in [4.78, 5) is 11.7. The molecule has 0 bridgehead atoms. The SMILES string of the molecule is O=C(CNS(=O)(=O)c1ccccc1)N/N=C\c1ccccc1Cl. The molecule has 0 aromatic heterocycles. The molecule has 0 unspecified atom stereocenters. The highest BCUT2D eigenvalue weighted by atomic mass is 35.5. The van der Waals surface area contributed by atoms with Gasteiger partial charge in [0, 0.05) is 10.6 Å². The number of carbonyl (C=O) groups is 1. The normalized spacial score (nSPS) is 11.5. The Hall–Kier alpha value is -2.22. The second kappa shape index (κ2) is 7.87. The molecule has 23 heavy (non-hydrogen) atoms. The Balaban J connectivity index is 1.87. The van der Waals surface area contributed by atoms with E-state index in [4.69, 9.17) is 11.6 Å². The van der Waals surface area contributed by atoms with Gasteiger partial charge >= 0.3 is 0 Å². The van der Waals surface area contributed by atoms with Gasteiger partial charge in [-0.2, -0.15) is 5.10 Å². The van der Waals surface area contributed by atoms with Crippen LogP contribution in [0, 0.1) is 0 Å². The Morgan fingerprint density at radius 3 is 2.43 bits per heavy atom. The van der Waals surface area contributed by atoms with Gasteiger partial charge < -0.3 is 0 Å². The summed E-state index contributed by atoms with van der Waals surface area (Å²) in [5.74, 6) is -0.590. The van der Waals surface area contributed by atoms with Crippen molar-refractivity contribution in [3.8, 4) is 0 Å². The number of carbonyl (C=O) groups excluding carboxylic acids is 1. The highest BCUT2D eigenvalue weighted by molar-refractivity contribution is 7.89. The Bertz CT molecular complexity index is 808. The molecule has 0 saturated heterocycles. The van der Waals surface area contributed by atoms with Gasteiger partial charge in [-0.1, -0.05) is 48.0 Å². The number of nitrogens with zero attached hydrogens (tertiary/aromatic N) is 1. The predicted molar refractivity (Wildman–Crippen MR) is 88.8 cm³/mol. The van der Waals surface area contributed by atoms with Crippen LogP contribution in [0.3, 0.4) is 0 Å². The predicted octanol–water partition coefficient (Wildman–Crippen LogP) is 1.77. The lowest BCUT2D eigenvalue weighted by atomic mass is 10.2. The molecular formula is C15H14ClN3O3S. The van der Waals surface area contributed by atoms with Crippen LogP contribution in [0.4, 0.5) is 0 Å². The van der Waals surface area contributed by atoms with Gasteiger partial charge in [-0.05, 0) is 18.2 Å². The molecular weight excluding hydrogens is 338 g/mol. The van der Waals surface area contributed by atoms with E-state index in [2.05, 4.69) is 15.2 Å². The third-order valence-corrected chi connectivity index (χ3v) is 4.54. The number of hydrogen-bond acceptors (Lipinski definition) is 4. The van der Waals surface area contributed by atoms with Crippen LogP contribution in [0.15, 0.2) is 64.6 Å². The van der Waals surface area contributed by atoms with Crippen molar-refractivity contribution in [2.75, 3.05) is 6.54 Å². The Labute approximate surface area is 139 Å². The molecule has 2 aromatic rings. The second-order valence-electron chi connectivity index (χ2n) is 4.45. The van der Waals surface area contributed by atoms with E-state index in [0.717, 1.165) is 0 Å². The van der Waals surface area contributed by atoms with E-state index in [1.54, 1.807) is 42.5 Å². The van der Waals surface area contributed by atoms with Gasteiger partial charge in [0.05, 0.1) is 17.7 Å². The van der Waals surface area contributed by atoms with Gasteiger partial charge in [0.25, 0.3) is 5.91 Å². The summed E-state index contributed by atoms with van der Waals surface area (Å²) in [7, 11) is -3.72. The van der Waals surface area contributed by atoms with Crippen LogP contribution in [0.1, 0.15) is 5.56 Å². The van der Waals surface area contributed by atoms with Gasteiger partial charge in [-0.25, -0.2) is 18.6 Å². The van der Waals surface area contributed by atoms with Gasteiger partial charge in [0.1, 0.15) is 0 Å². The molecule has 2 rings (SSSR count). The number of rotatable bonds is 6. The zero-order chi connectivity index (χ0) is 16.7. The largest absolute Gasteiger partial charge is 0.272 e. The molecule has 0 heterocycles. The van der Waals surface area contributed by atoms with Crippen molar-refractivity contribution in [2.45, 2.75) is 4.90 Å². The van der Waals surface area contributed by atoms with Crippen LogP contribution < -0.4 is 10.1 Å². The van der Waals surface area contributed by atoms with Crippen molar-refractivity contribution < 1.29 is 13.2 Å². The maximum absolute atomic E-state index is 11.9. The lowest BCUT2D eigenvalue weighted by Gasteiger charge is -2.05. The quantitative estimate of drug-likeness (QED) is 0.614. The van der Waals surface area contributed by atoms with Crippen molar-refractivity contribution in [3.05, 3.63) is 65.2 Å². The third kappa shape index (κ3) is 5.17. The maximum atomic E-state index is 11.9. The molecule has 120 valence electrons. The lowest BCUT2D eigenvalue weighted by molar-refractivity contribution is -0.119. The van der Waals surface area contributed by atoms with Crippen LogP contribution in [-0.2, 0) is 14.8 Å². The van der Waals surface area contributed by atoms with Gasteiger partial charge in [0.15, 0.2) is 0 Å². The molecule has 0 radical (unpaired) electrons. The van der Waals surface area contributed by atoms with E-state index < -0.39 is 22.5 Å². The molecule has 0 spiro atoms. The Morgan fingerprint density at radius 1 is 1.09 bits per heavy atom. The average Bonchev–Trinajstić information content (AvgIpc) is 2.56. The fourth-order valence-electron chi connectivity index (χ4n) is 1.64. The lowest BCUT2D eigenvalue weighted by Crippen LogP contribution is -2.34. The summed E-state index contributed by atoms with van der Waals surface area (Å²) in [6.07, 6.45) is 1.38. The fourth-order valence-corrected chi connectivity index (χ4v) is 2.82. The third-order valence-electron chi connectivity index (χ3n) is 2.77. The van der Waals surface area contributed by atoms with Crippen LogP contribution >= 0.6 is 11.6 Å². The standard InChI is InChI=1S/C15H14ClN3O3S/c16-14-9-5-4-6-12(14)10-17-19-15(20)11-18-23(21,22)13-7-2-1-3-8-13/h1-10,18H,11H2,(H,19,20)/b17-10-. The van der Waals surface area contributed by atoms with Crippen molar-refractivity contribution in [1.29, 1.82) is 0 Å². The molecule has 2 aromatic carbocycles. The summed E-state index contributed by atoms with van der Waals surface area (Å²) in [5.41, 5.74) is 2.87. The van der Waals surface area contributed by atoms with E-state index in [9.17, 15) is 13.2 Å². The maximum Gasteiger partial charge on any atom is 0.255 e. The molecule has 0 saturated carbocycles. The minimum absolute atomic E-state index is 0.0902. The topological polar surface area (TPSA) is 87.6 Å². The minimum atomic E-state index is -3.72. The molecule has 6 nitrogen and oxygen atoms in total. The van der Waals surface area contributed by atoms with Crippen molar-refractivity contribution in [2.24, 2.45) is 5.10 Å². The van der Waals surface area contributed by atoms with E-state index in [1.165, 1.54) is 18.3 Å². The highest BCUT2D eigenvalue weighted by Gasteiger charge is 2.14. The molecule has 0 aliphatic heterocycles. The number of amides is 1. The average molecular weight is 352 g/mol. The van der Waals surface area contributed by atoms with Crippen LogP contribution in [-0.4, -0.2) is 27.1 Å². The molecule has 8 heteroatoms. The monoisotopic (exact) mass is 351 g/mol.